The van der Waals surface area contributed by atoms with Crippen LogP contribution in [0.3, 0.4) is 0 Å². The van der Waals surface area contributed by atoms with Crippen molar-refractivity contribution in [2.75, 3.05) is 0 Å². The van der Waals surface area contributed by atoms with Gasteiger partial charge in [-0.05, 0) is 18.6 Å². The molecule has 2 aromatic rings. The molecule has 0 fully saturated rings. The van der Waals surface area contributed by atoms with Crippen molar-refractivity contribution in [1.82, 2.24) is 14.6 Å². The van der Waals surface area contributed by atoms with E-state index in [1.807, 2.05) is 6.92 Å². The molecule has 0 amide bonds. The maximum absolute atomic E-state index is 12.6. The molecule has 0 saturated carbocycles. The summed E-state index contributed by atoms with van der Waals surface area (Å²) in [7, 11) is 0. The van der Waals surface area contributed by atoms with Gasteiger partial charge in [0.05, 0.1) is 11.6 Å². The third-order valence-corrected chi connectivity index (χ3v) is 2.53. The van der Waals surface area contributed by atoms with Gasteiger partial charge in [0.15, 0.2) is 11.5 Å². The van der Waals surface area contributed by atoms with Crippen LogP contribution in [0.2, 0.25) is 0 Å². The second kappa shape index (κ2) is 3.99. The molecule has 0 saturated heterocycles. The molecule has 92 valence electrons. The lowest BCUT2D eigenvalue weighted by Gasteiger charge is -2.09. The predicted octanol–water partition coefficient (Wildman–Crippen LogP) is 2.16. The number of alkyl halides is 3. The minimum Gasteiger partial charge on any atom is -0.321 e. The van der Waals surface area contributed by atoms with Crippen LogP contribution in [0.25, 0.3) is 5.65 Å². The molecule has 1 unspecified atom stereocenters. The molecule has 0 bridgehead atoms. The van der Waals surface area contributed by atoms with E-state index in [0.717, 1.165) is 12.3 Å². The van der Waals surface area contributed by atoms with Crippen LogP contribution >= 0.6 is 0 Å². The first-order valence-electron chi connectivity index (χ1n) is 5.11. The summed E-state index contributed by atoms with van der Waals surface area (Å²) < 4.78 is 38.9. The van der Waals surface area contributed by atoms with Gasteiger partial charge in [-0.15, -0.1) is 10.2 Å². The number of pyridine rings is 1. The number of nitrogens with zero attached hydrogens (tertiary/aromatic N) is 3. The van der Waals surface area contributed by atoms with Crippen molar-refractivity contribution in [2.24, 2.45) is 5.73 Å². The molecule has 17 heavy (non-hydrogen) atoms. The van der Waals surface area contributed by atoms with Gasteiger partial charge >= 0.3 is 6.18 Å². The molecule has 1 atom stereocenters. The molecule has 0 radical (unpaired) electrons. The lowest BCUT2D eigenvalue weighted by molar-refractivity contribution is -0.137. The SMILES string of the molecule is CCC(N)c1nnc2ccc(C(F)(F)F)cn12. The molecule has 2 heterocycles. The van der Waals surface area contributed by atoms with Gasteiger partial charge in [0.25, 0.3) is 0 Å². The molecule has 2 rings (SSSR count). The van der Waals surface area contributed by atoms with Crippen LogP contribution in [0.4, 0.5) is 13.2 Å². The Bertz CT molecular complexity index is 532. The van der Waals surface area contributed by atoms with Crippen molar-refractivity contribution in [3.63, 3.8) is 0 Å². The zero-order valence-electron chi connectivity index (χ0n) is 9.07. The van der Waals surface area contributed by atoms with E-state index in [1.165, 1.54) is 10.5 Å². The molecule has 0 aliphatic carbocycles. The lowest BCUT2D eigenvalue weighted by atomic mass is 10.2. The van der Waals surface area contributed by atoms with Crippen molar-refractivity contribution < 1.29 is 13.2 Å². The summed E-state index contributed by atoms with van der Waals surface area (Å²) in [6, 6.07) is 1.83. The van der Waals surface area contributed by atoms with Crippen LogP contribution < -0.4 is 5.73 Å². The van der Waals surface area contributed by atoms with E-state index in [0.29, 0.717) is 17.9 Å². The first-order valence-corrected chi connectivity index (χ1v) is 5.11. The fourth-order valence-corrected chi connectivity index (χ4v) is 1.51. The summed E-state index contributed by atoms with van der Waals surface area (Å²) in [5, 5.41) is 7.59. The van der Waals surface area contributed by atoms with Gasteiger partial charge in [-0.2, -0.15) is 13.2 Å². The molecule has 0 aromatic carbocycles. The number of fused-ring (bicyclic) bond motifs is 1. The second-order valence-electron chi connectivity index (χ2n) is 3.72. The standard InChI is InChI=1S/C10H11F3N4/c1-2-7(14)9-16-15-8-4-3-6(5-17(8)9)10(11,12)13/h3-5,7H,2,14H2,1H3. The van der Waals surface area contributed by atoms with E-state index >= 15 is 0 Å². The smallest absolute Gasteiger partial charge is 0.321 e. The molecule has 0 aliphatic heterocycles. The van der Waals surface area contributed by atoms with E-state index in [1.54, 1.807) is 0 Å². The van der Waals surface area contributed by atoms with Gasteiger partial charge in [-0.25, -0.2) is 0 Å². The van der Waals surface area contributed by atoms with Crippen LogP contribution in [-0.2, 0) is 6.18 Å². The van der Waals surface area contributed by atoms with Crippen LogP contribution in [-0.4, -0.2) is 14.6 Å². The first-order chi connectivity index (χ1) is 7.93. The summed E-state index contributed by atoms with van der Waals surface area (Å²) >= 11 is 0. The molecular weight excluding hydrogens is 233 g/mol. The Morgan fingerprint density at radius 1 is 1.35 bits per heavy atom. The number of aromatic nitrogens is 3. The largest absolute Gasteiger partial charge is 0.417 e. The van der Waals surface area contributed by atoms with Gasteiger partial charge < -0.3 is 5.73 Å². The summed E-state index contributed by atoms with van der Waals surface area (Å²) in [5.41, 5.74) is 5.38. The van der Waals surface area contributed by atoms with Crippen LogP contribution in [0.15, 0.2) is 18.3 Å². The second-order valence-corrected chi connectivity index (χ2v) is 3.72. The average molecular weight is 244 g/mol. The minimum atomic E-state index is -4.38. The van der Waals surface area contributed by atoms with Crippen molar-refractivity contribution in [1.29, 1.82) is 0 Å². The number of hydrogen-bond acceptors (Lipinski definition) is 3. The average Bonchev–Trinajstić information content (AvgIpc) is 2.69. The Hall–Kier alpha value is -1.63. The fourth-order valence-electron chi connectivity index (χ4n) is 1.51. The molecule has 2 aromatic heterocycles. The number of nitrogens with two attached hydrogens (primary N) is 1. The van der Waals surface area contributed by atoms with Crippen molar-refractivity contribution >= 4 is 5.65 Å². The lowest BCUT2D eigenvalue weighted by Crippen LogP contribution is -2.14. The minimum absolute atomic E-state index is 0.341. The Kier molecular flexibility index (Phi) is 2.78. The Morgan fingerprint density at radius 3 is 2.65 bits per heavy atom. The topological polar surface area (TPSA) is 56.2 Å². The maximum atomic E-state index is 12.6. The number of hydrogen-bond donors (Lipinski definition) is 1. The molecule has 0 spiro atoms. The quantitative estimate of drug-likeness (QED) is 0.880. The fraction of sp³-hybridized carbons (Fsp3) is 0.400. The van der Waals surface area contributed by atoms with E-state index in [4.69, 9.17) is 5.73 Å². The summed E-state index contributed by atoms with van der Waals surface area (Å²) in [5.74, 6) is 0.341. The monoisotopic (exact) mass is 244 g/mol. The van der Waals surface area contributed by atoms with Gasteiger partial charge in [0.2, 0.25) is 0 Å². The molecule has 7 heteroatoms. The summed E-state index contributed by atoms with van der Waals surface area (Å²) in [6.45, 7) is 1.83. The van der Waals surface area contributed by atoms with E-state index in [2.05, 4.69) is 10.2 Å². The van der Waals surface area contributed by atoms with E-state index < -0.39 is 17.8 Å². The normalized spacial score (nSPS) is 14.2. The maximum Gasteiger partial charge on any atom is 0.417 e. The van der Waals surface area contributed by atoms with Crippen molar-refractivity contribution in [2.45, 2.75) is 25.6 Å². The Labute approximate surface area is 95.3 Å². The Morgan fingerprint density at radius 2 is 2.06 bits per heavy atom. The van der Waals surface area contributed by atoms with Gasteiger partial charge in [0.1, 0.15) is 0 Å². The van der Waals surface area contributed by atoms with E-state index in [-0.39, 0.29) is 0 Å². The van der Waals surface area contributed by atoms with Crippen LogP contribution in [0, 0.1) is 0 Å². The number of rotatable bonds is 2. The zero-order chi connectivity index (χ0) is 12.6. The first kappa shape index (κ1) is 11.8. The van der Waals surface area contributed by atoms with Crippen LogP contribution in [0.5, 0.6) is 0 Å². The van der Waals surface area contributed by atoms with Gasteiger partial charge in [-0.3, -0.25) is 4.40 Å². The van der Waals surface area contributed by atoms with Gasteiger partial charge in [-0.1, -0.05) is 6.92 Å². The number of halogens is 3. The third-order valence-electron chi connectivity index (χ3n) is 2.53. The summed E-state index contributed by atoms with van der Waals surface area (Å²) in [4.78, 5) is 0. The zero-order valence-corrected chi connectivity index (χ0v) is 9.07. The van der Waals surface area contributed by atoms with Crippen molar-refractivity contribution in [3.8, 4) is 0 Å². The van der Waals surface area contributed by atoms with Gasteiger partial charge in [0, 0.05) is 6.20 Å². The third kappa shape index (κ3) is 2.10. The van der Waals surface area contributed by atoms with Crippen LogP contribution in [0.1, 0.15) is 30.8 Å². The molecule has 0 aliphatic rings. The molecule has 2 N–H and O–H groups in total. The van der Waals surface area contributed by atoms with E-state index in [9.17, 15) is 13.2 Å². The summed E-state index contributed by atoms with van der Waals surface area (Å²) in [6.07, 6.45) is -2.83. The highest BCUT2D eigenvalue weighted by Gasteiger charge is 2.31. The molecule has 4 nitrogen and oxygen atoms in total. The Balaban J connectivity index is 2.58. The predicted molar refractivity (Wildman–Crippen MR) is 55.2 cm³/mol. The van der Waals surface area contributed by atoms with Crippen molar-refractivity contribution in [3.05, 3.63) is 29.7 Å². The highest BCUT2D eigenvalue weighted by molar-refractivity contribution is 5.40. The highest BCUT2D eigenvalue weighted by Crippen LogP contribution is 2.29. The highest BCUT2D eigenvalue weighted by atomic mass is 19.4. The molecular formula is C10H11F3N4.